The first kappa shape index (κ1) is 16.6. The van der Waals surface area contributed by atoms with Crippen molar-refractivity contribution in [2.45, 2.75) is 33.2 Å². The Morgan fingerprint density at radius 2 is 2.08 bits per heavy atom. The molecule has 1 aromatic heterocycles. The number of hydrogen-bond acceptors (Lipinski definition) is 3. The fourth-order valence-electron chi connectivity index (χ4n) is 3.41. The maximum absolute atomic E-state index is 12.4. The van der Waals surface area contributed by atoms with E-state index in [1.54, 1.807) is 4.68 Å². The average molecular weight is 326 g/mol. The summed E-state index contributed by atoms with van der Waals surface area (Å²) in [6, 6.07) is 12.2. The van der Waals surface area contributed by atoms with Gasteiger partial charge >= 0.3 is 0 Å². The summed E-state index contributed by atoms with van der Waals surface area (Å²) in [6.07, 6.45) is 1.11. The highest BCUT2D eigenvalue weighted by Gasteiger charge is 2.24. The molecule has 1 fully saturated rings. The first-order valence-corrected chi connectivity index (χ1v) is 8.65. The third kappa shape index (κ3) is 3.61. The van der Waals surface area contributed by atoms with Crippen molar-refractivity contribution in [2.24, 2.45) is 5.92 Å². The number of nitrogens with one attached hydrogen (secondary N) is 1. The molecule has 0 spiro atoms. The summed E-state index contributed by atoms with van der Waals surface area (Å²) in [5, 5.41) is 7.52. The van der Waals surface area contributed by atoms with Crippen molar-refractivity contribution < 1.29 is 4.79 Å². The smallest absolute Gasteiger partial charge is 0.244 e. The summed E-state index contributed by atoms with van der Waals surface area (Å²) in [4.78, 5) is 14.8. The number of nitrogens with zero attached hydrogens (tertiary/aromatic N) is 3. The lowest BCUT2D eigenvalue weighted by molar-refractivity contribution is -0.124. The lowest BCUT2D eigenvalue weighted by Crippen LogP contribution is -2.36. The summed E-state index contributed by atoms with van der Waals surface area (Å²) in [7, 11) is 0. The third-order valence-electron chi connectivity index (χ3n) is 4.76. The first-order chi connectivity index (χ1) is 11.5. The van der Waals surface area contributed by atoms with E-state index in [9.17, 15) is 4.79 Å². The van der Waals surface area contributed by atoms with E-state index < -0.39 is 0 Å². The van der Waals surface area contributed by atoms with Gasteiger partial charge in [0.15, 0.2) is 0 Å². The van der Waals surface area contributed by atoms with Crippen molar-refractivity contribution in [2.75, 3.05) is 24.5 Å². The van der Waals surface area contributed by atoms with Gasteiger partial charge in [0.2, 0.25) is 5.91 Å². The minimum atomic E-state index is -0.273. The molecular formula is C19H26N4O. The normalized spacial score (nSPS) is 18.6. The van der Waals surface area contributed by atoms with Crippen LogP contribution in [0.1, 0.15) is 30.8 Å². The Morgan fingerprint density at radius 3 is 2.75 bits per heavy atom. The van der Waals surface area contributed by atoms with Gasteiger partial charge in [0.25, 0.3) is 0 Å². The number of benzene rings is 1. The molecule has 5 nitrogen and oxygen atoms in total. The number of amides is 1. The molecule has 3 rings (SSSR count). The zero-order chi connectivity index (χ0) is 17.1. The van der Waals surface area contributed by atoms with Crippen LogP contribution in [0.4, 0.5) is 5.69 Å². The lowest BCUT2D eigenvalue weighted by atomic mass is 10.1. The predicted octanol–water partition coefficient (Wildman–Crippen LogP) is 2.70. The van der Waals surface area contributed by atoms with Crippen LogP contribution in [0.25, 0.3) is 0 Å². The second-order valence-corrected chi connectivity index (χ2v) is 6.73. The molecular weight excluding hydrogens is 300 g/mol. The number of rotatable bonds is 5. The molecule has 1 N–H and O–H groups in total. The van der Waals surface area contributed by atoms with Gasteiger partial charge in [-0.25, -0.2) is 0 Å². The van der Waals surface area contributed by atoms with Gasteiger partial charge in [-0.3, -0.25) is 9.48 Å². The summed E-state index contributed by atoms with van der Waals surface area (Å²) >= 11 is 0. The average Bonchev–Trinajstić information content (AvgIpc) is 3.19. The number of anilines is 1. The van der Waals surface area contributed by atoms with Crippen LogP contribution in [0.15, 0.2) is 36.4 Å². The molecule has 2 aromatic rings. The highest BCUT2D eigenvalue weighted by atomic mass is 16.2. The van der Waals surface area contributed by atoms with E-state index in [0.29, 0.717) is 5.92 Å². The monoisotopic (exact) mass is 326 g/mol. The van der Waals surface area contributed by atoms with Crippen molar-refractivity contribution in [3.05, 3.63) is 47.8 Å². The summed E-state index contributed by atoms with van der Waals surface area (Å²) < 4.78 is 1.80. The predicted molar refractivity (Wildman–Crippen MR) is 96.2 cm³/mol. The minimum absolute atomic E-state index is 0.0411. The van der Waals surface area contributed by atoms with E-state index in [1.165, 1.54) is 5.69 Å². The maximum atomic E-state index is 12.4. The SMILES string of the molecule is Cc1cc(C)n([C@@H](C)C(=O)NC[C@@H]2CCN(c3ccccc3)C2)n1. The molecule has 2 atom stereocenters. The van der Waals surface area contributed by atoms with Gasteiger partial charge < -0.3 is 10.2 Å². The Labute approximate surface area is 143 Å². The zero-order valence-electron chi connectivity index (χ0n) is 14.7. The fraction of sp³-hybridized carbons (Fsp3) is 0.474. The Bertz CT molecular complexity index is 695. The Kier molecular flexibility index (Phi) is 4.88. The van der Waals surface area contributed by atoms with E-state index in [-0.39, 0.29) is 11.9 Å². The van der Waals surface area contributed by atoms with Gasteiger partial charge in [0.1, 0.15) is 6.04 Å². The molecule has 0 radical (unpaired) electrons. The Morgan fingerprint density at radius 1 is 1.33 bits per heavy atom. The topological polar surface area (TPSA) is 50.2 Å². The molecule has 0 saturated carbocycles. The number of para-hydroxylation sites is 1. The Balaban J connectivity index is 1.51. The molecule has 5 heteroatoms. The molecule has 2 heterocycles. The molecule has 1 saturated heterocycles. The molecule has 1 aliphatic rings. The van der Waals surface area contributed by atoms with E-state index >= 15 is 0 Å². The summed E-state index contributed by atoms with van der Waals surface area (Å²) in [5.41, 5.74) is 3.23. The van der Waals surface area contributed by atoms with Gasteiger partial charge in [-0.05, 0) is 51.3 Å². The van der Waals surface area contributed by atoms with Crippen LogP contribution in [0, 0.1) is 19.8 Å². The number of carbonyl (C=O) groups excluding carboxylic acids is 1. The summed E-state index contributed by atoms with van der Waals surface area (Å²) in [5.74, 6) is 0.543. The molecule has 0 unspecified atom stereocenters. The second-order valence-electron chi connectivity index (χ2n) is 6.73. The molecule has 128 valence electrons. The molecule has 0 aliphatic carbocycles. The number of aromatic nitrogens is 2. The maximum Gasteiger partial charge on any atom is 0.244 e. The summed E-state index contributed by atoms with van der Waals surface area (Å²) in [6.45, 7) is 8.62. The van der Waals surface area contributed by atoms with Gasteiger partial charge in [0.05, 0.1) is 5.69 Å². The highest BCUT2D eigenvalue weighted by molar-refractivity contribution is 5.79. The highest BCUT2D eigenvalue weighted by Crippen LogP contribution is 2.23. The molecule has 1 aliphatic heterocycles. The molecule has 24 heavy (non-hydrogen) atoms. The van der Waals surface area contributed by atoms with Crippen LogP contribution in [0.2, 0.25) is 0 Å². The Hall–Kier alpha value is -2.30. The fourth-order valence-corrected chi connectivity index (χ4v) is 3.41. The van der Waals surface area contributed by atoms with Crippen LogP contribution in [-0.2, 0) is 4.79 Å². The van der Waals surface area contributed by atoms with Crippen LogP contribution in [0.5, 0.6) is 0 Å². The number of aryl methyl sites for hydroxylation is 2. The van der Waals surface area contributed by atoms with Crippen molar-refractivity contribution >= 4 is 11.6 Å². The van der Waals surface area contributed by atoms with Gasteiger partial charge in [0, 0.05) is 31.0 Å². The largest absolute Gasteiger partial charge is 0.371 e. The number of carbonyl (C=O) groups is 1. The first-order valence-electron chi connectivity index (χ1n) is 8.65. The minimum Gasteiger partial charge on any atom is -0.371 e. The third-order valence-corrected chi connectivity index (χ3v) is 4.76. The van der Waals surface area contributed by atoms with E-state index in [4.69, 9.17) is 0 Å². The van der Waals surface area contributed by atoms with Crippen LogP contribution in [-0.4, -0.2) is 35.3 Å². The van der Waals surface area contributed by atoms with Gasteiger partial charge in [-0.15, -0.1) is 0 Å². The molecule has 1 amide bonds. The van der Waals surface area contributed by atoms with Crippen LogP contribution >= 0.6 is 0 Å². The standard InChI is InChI=1S/C19H26N4O/c1-14-11-15(2)23(21-14)16(3)19(24)20-12-17-9-10-22(13-17)18-7-5-4-6-8-18/h4-8,11,16-17H,9-10,12-13H2,1-3H3,(H,20,24)/t16-,17-/m0/s1. The zero-order valence-corrected chi connectivity index (χ0v) is 14.7. The number of hydrogen-bond donors (Lipinski definition) is 1. The van der Waals surface area contributed by atoms with Crippen molar-refractivity contribution in [3.8, 4) is 0 Å². The van der Waals surface area contributed by atoms with Crippen LogP contribution < -0.4 is 10.2 Å². The van der Waals surface area contributed by atoms with Crippen molar-refractivity contribution in [1.82, 2.24) is 15.1 Å². The van der Waals surface area contributed by atoms with E-state index in [0.717, 1.165) is 37.4 Å². The van der Waals surface area contributed by atoms with E-state index in [2.05, 4.69) is 39.6 Å². The van der Waals surface area contributed by atoms with E-state index in [1.807, 2.05) is 32.9 Å². The quantitative estimate of drug-likeness (QED) is 0.919. The van der Waals surface area contributed by atoms with Crippen LogP contribution in [0.3, 0.4) is 0 Å². The molecule has 0 bridgehead atoms. The van der Waals surface area contributed by atoms with Crippen molar-refractivity contribution in [3.63, 3.8) is 0 Å². The lowest BCUT2D eigenvalue weighted by Gasteiger charge is -2.19. The van der Waals surface area contributed by atoms with Gasteiger partial charge in [-0.2, -0.15) is 5.10 Å². The second kappa shape index (κ2) is 7.07. The van der Waals surface area contributed by atoms with Gasteiger partial charge in [-0.1, -0.05) is 18.2 Å². The molecule has 1 aromatic carbocycles. The van der Waals surface area contributed by atoms with Crippen molar-refractivity contribution in [1.29, 1.82) is 0 Å².